The zero-order chi connectivity index (χ0) is 17.6. The lowest BCUT2D eigenvalue weighted by atomic mass is 10.3. The van der Waals surface area contributed by atoms with E-state index >= 15 is 0 Å². The summed E-state index contributed by atoms with van der Waals surface area (Å²) in [6.07, 6.45) is -0.297. The lowest BCUT2D eigenvalue weighted by Gasteiger charge is -2.33. The van der Waals surface area contributed by atoms with Gasteiger partial charge in [0.05, 0.1) is 18.0 Å². The number of amides is 2. The average Bonchev–Trinajstić information content (AvgIpc) is 3.27. The van der Waals surface area contributed by atoms with Gasteiger partial charge >= 0.3 is 6.09 Å². The zero-order valence-electron chi connectivity index (χ0n) is 13.9. The molecule has 1 fully saturated rings. The Morgan fingerprint density at radius 3 is 2.84 bits per heavy atom. The number of anilines is 1. The van der Waals surface area contributed by atoms with Crippen LogP contribution in [0.25, 0.3) is 10.6 Å². The summed E-state index contributed by atoms with van der Waals surface area (Å²) in [5, 5.41) is 8.63. The standard InChI is InChI=1S/C16H20N4O4S/c1-2-23-16(22)20-7-5-19(6-8-20)11-14(21)17-15-10-12(18-24-15)13-4-3-9-25-13/h3-4,9-10H,2,5-8,11H2,1H3,(H,17,21). The Balaban J connectivity index is 1.45. The van der Waals surface area contributed by atoms with E-state index in [1.54, 1.807) is 29.2 Å². The Morgan fingerprint density at radius 1 is 1.36 bits per heavy atom. The minimum atomic E-state index is -0.297. The molecule has 0 spiro atoms. The van der Waals surface area contributed by atoms with Gasteiger partial charge in [0.1, 0.15) is 5.69 Å². The predicted molar refractivity (Wildman–Crippen MR) is 93.5 cm³/mol. The van der Waals surface area contributed by atoms with Gasteiger partial charge in [-0.25, -0.2) is 4.79 Å². The second-order valence-corrected chi connectivity index (χ2v) is 6.51. The van der Waals surface area contributed by atoms with E-state index in [-0.39, 0.29) is 18.5 Å². The third-order valence-corrected chi connectivity index (χ3v) is 4.70. The van der Waals surface area contributed by atoms with Gasteiger partial charge in [0.2, 0.25) is 11.8 Å². The van der Waals surface area contributed by atoms with Gasteiger partial charge in [-0.15, -0.1) is 11.3 Å². The highest BCUT2D eigenvalue weighted by Gasteiger charge is 2.23. The molecule has 2 aromatic rings. The van der Waals surface area contributed by atoms with E-state index in [1.807, 2.05) is 22.4 Å². The quantitative estimate of drug-likeness (QED) is 0.874. The van der Waals surface area contributed by atoms with E-state index in [2.05, 4.69) is 10.5 Å². The number of carbonyl (C=O) groups is 2. The Bertz CT molecular complexity index is 708. The van der Waals surface area contributed by atoms with Crippen LogP contribution in [0.5, 0.6) is 0 Å². The Labute approximate surface area is 149 Å². The number of ether oxygens (including phenoxy) is 1. The van der Waals surface area contributed by atoms with Crippen LogP contribution in [0.1, 0.15) is 6.92 Å². The van der Waals surface area contributed by atoms with Crippen molar-refractivity contribution in [3.63, 3.8) is 0 Å². The van der Waals surface area contributed by atoms with Crippen LogP contribution in [-0.4, -0.2) is 66.3 Å². The molecule has 2 aromatic heterocycles. The highest BCUT2D eigenvalue weighted by atomic mass is 32.1. The molecule has 1 aliphatic rings. The smallest absolute Gasteiger partial charge is 0.409 e. The number of nitrogens with zero attached hydrogens (tertiary/aromatic N) is 3. The number of thiophene rings is 1. The molecule has 1 aliphatic heterocycles. The van der Waals surface area contributed by atoms with E-state index in [4.69, 9.17) is 9.26 Å². The van der Waals surface area contributed by atoms with Gasteiger partial charge in [0.15, 0.2) is 0 Å². The summed E-state index contributed by atoms with van der Waals surface area (Å²) in [6, 6.07) is 5.59. The van der Waals surface area contributed by atoms with Crippen LogP contribution in [0.4, 0.5) is 10.7 Å². The second kappa shape index (κ2) is 8.13. The predicted octanol–water partition coefficient (Wildman–Crippen LogP) is 2.12. The van der Waals surface area contributed by atoms with Gasteiger partial charge in [-0.1, -0.05) is 11.2 Å². The van der Waals surface area contributed by atoms with Crippen LogP contribution in [0.2, 0.25) is 0 Å². The highest BCUT2D eigenvalue weighted by molar-refractivity contribution is 7.13. The van der Waals surface area contributed by atoms with Crippen molar-refractivity contribution in [3.05, 3.63) is 23.6 Å². The number of rotatable bonds is 5. The third-order valence-electron chi connectivity index (χ3n) is 3.81. The van der Waals surface area contributed by atoms with Gasteiger partial charge < -0.3 is 14.2 Å². The minimum absolute atomic E-state index is 0.168. The summed E-state index contributed by atoms with van der Waals surface area (Å²) < 4.78 is 10.1. The molecule has 0 aromatic carbocycles. The first-order valence-electron chi connectivity index (χ1n) is 8.10. The molecule has 0 radical (unpaired) electrons. The summed E-state index contributed by atoms with van der Waals surface area (Å²) in [6.45, 7) is 4.75. The Morgan fingerprint density at radius 2 is 2.16 bits per heavy atom. The van der Waals surface area contributed by atoms with Gasteiger partial charge in [-0.2, -0.15) is 0 Å². The van der Waals surface area contributed by atoms with Gasteiger partial charge in [0, 0.05) is 32.2 Å². The van der Waals surface area contributed by atoms with Crippen LogP contribution < -0.4 is 5.32 Å². The molecule has 1 saturated heterocycles. The van der Waals surface area contributed by atoms with Crippen molar-refractivity contribution in [3.8, 4) is 10.6 Å². The molecule has 3 heterocycles. The molecule has 0 bridgehead atoms. The first-order valence-corrected chi connectivity index (χ1v) is 8.98. The molecule has 0 atom stereocenters. The Kier molecular flexibility index (Phi) is 5.67. The molecule has 0 saturated carbocycles. The molecule has 3 rings (SSSR count). The van der Waals surface area contributed by atoms with Crippen LogP contribution in [0.15, 0.2) is 28.1 Å². The molecule has 0 unspecified atom stereocenters. The molecule has 25 heavy (non-hydrogen) atoms. The number of nitrogens with one attached hydrogen (secondary N) is 1. The normalized spacial score (nSPS) is 15.2. The van der Waals surface area contributed by atoms with E-state index in [9.17, 15) is 9.59 Å². The largest absolute Gasteiger partial charge is 0.450 e. The van der Waals surface area contributed by atoms with Crippen molar-refractivity contribution in [1.82, 2.24) is 15.0 Å². The second-order valence-electron chi connectivity index (χ2n) is 5.56. The van der Waals surface area contributed by atoms with Crippen molar-refractivity contribution >= 4 is 29.2 Å². The lowest BCUT2D eigenvalue weighted by molar-refractivity contribution is -0.117. The number of carbonyl (C=O) groups excluding carboxylic acids is 2. The van der Waals surface area contributed by atoms with Crippen molar-refractivity contribution in [1.29, 1.82) is 0 Å². The first-order chi connectivity index (χ1) is 12.2. The molecule has 9 heteroatoms. The Hall–Kier alpha value is -2.39. The number of piperazine rings is 1. The average molecular weight is 364 g/mol. The van der Waals surface area contributed by atoms with E-state index in [1.165, 1.54) is 0 Å². The monoisotopic (exact) mass is 364 g/mol. The van der Waals surface area contributed by atoms with Crippen LogP contribution in [0.3, 0.4) is 0 Å². The maximum Gasteiger partial charge on any atom is 0.409 e. The summed E-state index contributed by atoms with van der Waals surface area (Å²) in [4.78, 5) is 28.4. The molecule has 0 aliphatic carbocycles. The van der Waals surface area contributed by atoms with Gasteiger partial charge in [-0.3, -0.25) is 15.0 Å². The van der Waals surface area contributed by atoms with Crippen LogP contribution in [0, 0.1) is 0 Å². The van der Waals surface area contributed by atoms with Crippen molar-refractivity contribution in [2.24, 2.45) is 0 Å². The summed E-state index contributed by atoms with van der Waals surface area (Å²) >= 11 is 1.56. The molecule has 134 valence electrons. The molecule has 1 N–H and O–H groups in total. The summed E-state index contributed by atoms with van der Waals surface area (Å²) in [5.74, 6) is 0.164. The zero-order valence-corrected chi connectivity index (χ0v) is 14.8. The summed E-state index contributed by atoms with van der Waals surface area (Å²) in [7, 11) is 0. The number of hydrogen-bond donors (Lipinski definition) is 1. The maximum absolute atomic E-state index is 12.2. The third kappa shape index (κ3) is 4.58. The van der Waals surface area contributed by atoms with Crippen LogP contribution in [-0.2, 0) is 9.53 Å². The van der Waals surface area contributed by atoms with Crippen LogP contribution >= 0.6 is 11.3 Å². The van der Waals surface area contributed by atoms with E-state index in [0.717, 1.165) is 4.88 Å². The first kappa shape index (κ1) is 17.4. The maximum atomic E-state index is 12.2. The molecule has 8 nitrogen and oxygen atoms in total. The number of aromatic nitrogens is 1. The van der Waals surface area contributed by atoms with Gasteiger partial charge in [-0.05, 0) is 18.4 Å². The summed E-state index contributed by atoms with van der Waals surface area (Å²) in [5.41, 5.74) is 0.702. The minimum Gasteiger partial charge on any atom is -0.450 e. The molecular formula is C16H20N4O4S. The molecule has 2 amide bonds. The van der Waals surface area contributed by atoms with Crippen molar-refractivity contribution in [2.45, 2.75) is 6.92 Å². The fourth-order valence-corrected chi connectivity index (χ4v) is 3.24. The lowest BCUT2D eigenvalue weighted by Crippen LogP contribution is -2.50. The van der Waals surface area contributed by atoms with Crippen molar-refractivity contribution in [2.75, 3.05) is 44.6 Å². The van der Waals surface area contributed by atoms with Gasteiger partial charge in [0.25, 0.3) is 0 Å². The topological polar surface area (TPSA) is 87.9 Å². The number of hydrogen-bond acceptors (Lipinski definition) is 7. The van der Waals surface area contributed by atoms with Crippen molar-refractivity contribution < 1.29 is 18.8 Å². The van der Waals surface area contributed by atoms with E-state index < -0.39 is 0 Å². The SMILES string of the molecule is CCOC(=O)N1CCN(CC(=O)Nc2cc(-c3cccs3)no2)CC1. The fraction of sp³-hybridized carbons (Fsp3) is 0.438. The van der Waals surface area contributed by atoms with E-state index in [0.29, 0.717) is 44.4 Å². The highest BCUT2D eigenvalue weighted by Crippen LogP contribution is 2.25. The molecular weight excluding hydrogens is 344 g/mol. The fourth-order valence-electron chi connectivity index (χ4n) is 2.56.